The van der Waals surface area contributed by atoms with Crippen LogP contribution in [-0.4, -0.2) is 72.7 Å². The Morgan fingerprint density at radius 1 is 1.24 bits per heavy atom. The molecule has 0 unspecified atom stereocenters. The summed E-state index contributed by atoms with van der Waals surface area (Å²) in [5.74, 6) is 1.57. The predicted octanol–water partition coefficient (Wildman–Crippen LogP) is 3.32. The molecule has 0 radical (unpaired) electrons. The van der Waals surface area contributed by atoms with E-state index < -0.39 is 0 Å². The van der Waals surface area contributed by atoms with Gasteiger partial charge < -0.3 is 24.8 Å². The molecule has 37 heavy (non-hydrogen) atoms. The van der Waals surface area contributed by atoms with Crippen molar-refractivity contribution in [1.82, 2.24) is 9.80 Å². The Labute approximate surface area is 219 Å². The second kappa shape index (κ2) is 12.0. The average molecular weight is 510 g/mol. The summed E-state index contributed by atoms with van der Waals surface area (Å²) in [6.45, 7) is 5.73. The van der Waals surface area contributed by atoms with Crippen molar-refractivity contribution in [3.63, 3.8) is 0 Å². The van der Waals surface area contributed by atoms with Crippen LogP contribution >= 0.6 is 0 Å². The van der Waals surface area contributed by atoms with Crippen LogP contribution in [0.5, 0.6) is 11.5 Å². The normalized spacial score (nSPS) is 20.8. The van der Waals surface area contributed by atoms with Crippen molar-refractivity contribution in [3.8, 4) is 11.5 Å². The fourth-order valence-corrected chi connectivity index (χ4v) is 4.73. The van der Waals surface area contributed by atoms with Crippen LogP contribution < -0.4 is 14.8 Å². The van der Waals surface area contributed by atoms with Crippen molar-refractivity contribution < 1.29 is 24.2 Å². The number of carbonyl (C=O) groups is 2. The van der Waals surface area contributed by atoms with Gasteiger partial charge in [0.25, 0.3) is 0 Å². The standard InChI is InChI=1S/C29H39N3O5/c1-19-15-32(20(2)18-33)28(34)14-23-13-24(30-29(35)22-7-8-22)9-12-26(23)37-27(19)17-31(3)16-21-5-10-25(36-4)11-6-21/h5-6,9-13,19-20,22,27,33H,7-8,14-18H2,1-4H3,(H,30,35)/t19-,20+,27-/m1/s1. The lowest BCUT2D eigenvalue weighted by molar-refractivity contribution is -0.134. The molecular weight excluding hydrogens is 470 g/mol. The van der Waals surface area contributed by atoms with Crippen molar-refractivity contribution in [1.29, 1.82) is 0 Å². The monoisotopic (exact) mass is 509 g/mol. The minimum atomic E-state index is -0.299. The van der Waals surface area contributed by atoms with Gasteiger partial charge in [-0.05, 0) is 62.7 Å². The Balaban J connectivity index is 1.56. The highest BCUT2D eigenvalue weighted by Crippen LogP contribution is 2.32. The molecule has 1 heterocycles. The molecule has 1 saturated carbocycles. The van der Waals surface area contributed by atoms with Crippen molar-refractivity contribution in [3.05, 3.63) is 53.6 Å². The van der Waals surface area contributed by atoms with Crippen LogP contribution in [0.1, 0.15) is 37.8 Å². The third-order valence-electron chi connectivity index (χ3n) is 7.24. The Hall–Kier alpha value is -3.10. The number of likely N-dealkylation sites (N-methyl/N-ethyl adjacent to an activating group) is 1. The fraction of sp³-hybridized carbons (Fsp3) is 0.517. The number of carbonyl (C=O) groups excluding carboxylic acids is 2. The first-order valence-corrected chi connectivity index (χ1v) is 13.1. The van der Waals surface area contributed by atoms with Gasteiger partial charge in [0.2, 0.25) is 11.8 Å². The highest BCUT2D eigenvalue weighted by atomic mass is 16.5. The van der Waals surface area contributed by atoms with Gasteiger partial charge in [0.15, 0.2) is 0 Å². The van der Waals surface area contributed by atoms with Gasteiger partial charge >= 0.3 is 0 Å². The fourth-order valence-electron chi connectivity index (χ4n) is 4.73. The number of aliphatic hydroxyl groups is 1. The number of aliphatic hydroxyl groups excluding tert-OH is 1. The van der Waals surface area contributed by atoms with Gasteiger partial charge in [0.05, 0.1) is 26.2 Å². The summed E-state index contributed by atoms with van der Waals surface area (Å²) in [6, 6.07) is 13.3. The molecule has 1 aliphatic heterocycles. The van der Waals surface area contributed by atoms with Crippen molar-refractivity contribution in [2.24, 2.45) is 11.8 Å². The summed E-state index contributed by atoms with van der Waals surface area (Å²) in [6.07, 6.45) is 1.81. The molecule has 4 rings (SSSR count). The van der Waals surface area contributed by atoms with E-state index in [-0.39, 0.29) is 48.8 Å². The van der Waals surface area contributed by atoms with E-state index in [9.17, 15) is 14.7 Å². The number of fused-ring (bicyclic) bond motifs is 1. The lowest BCUT2D eigenvalue weighted by atomic mass is 10.0. The number of methoxy groups -OCH3 is 1. The Morgan fingerprint density at radius 3 is 2.62 bits per heavy atom. The van der Waals surface area contributed by atoms with E-state index >= 15 is 0 Å². The largest absolute Gasteiger partial charge is 0.497 e. The molecule has 2 aromatic rings. The lowest BCUT2D eigenvalue weighted by Crippen LogP contribution is -2.47. The van der Waals surface area contributed by atoms with Crippen LogP contribution in [0.15, 0.2) is 42.5 Å². The molecule has 8 nitrogen and oxygen atoms in total. The van der Waals surface area contributed by atoms with Gasteiger partial charge in [-0.2, -0.15) is 0 Å². The number of hydrogen-bond acceptors (Lipinski definition) is 6. The maximum Gasteiger partial charge on any atom is 0.227 e. The molecule has 8 heteroatoms. The zero-order valence-electron chi connectivity index (χ0n) is 22.3. The van der Waals surface area contributed by atoms with Crippen LogP contribution in [0.25, 0.3) is 0 Å². The Morgan fingerprint density at radius 2 is 1.97 bits per heavy atom. The third-order valence-corrected chi connectivity index (χ3v) is 7.24. The Bertz CT molecular complexity index is 1090. The average Bonchev–Trinajstić information content (AvgIpc) is 3.73. The first-order chi connectivity index (χ1) is 17.8. The van der Waals surface area contributed by atoms with E-state index in [1.165, 1.54) is 5.56 Å². The van der Waals surface area contributed by atoms with E-state index in [0.717, 1.165) is 30.7 Å². The van der Waals surface area contributed by atoms with Crippen molar-refractivity contribution in [2.75, 3.05) is 39.2 Å². The SMILES string of the molecule is COc1ccc(CN(C)C[C@H]2Oc3ccc(NC(=O)C4CC4)cc3CC(=O)N([C@@H](C)CO)C[C@H]2C)cc1. The highest BCUT2D eigenvalue weighted by Gasteiger charge is 2.32. The first kappa shape index (κ1) is 26.9. The van der Waals surface area contributed by atoms with Crippen LogP contribution in [-0.2, 0) is 22.6 Å². The molecule has 2 aliphatic rings. The topological polar surface area (TPSA) is 91.3 Å². The molecule has 2 aromatic carbocycles. The zero-order chi connectivity index (χ0) is 26.5. The minimum absolute atomic E-state index is 0.0245. The first-order valence-electron chi connectivity index (χ1n) is 13.1. The van der Waals surface area contributed by atoms with Crippen molar-refractivity contribution >= 4 is 17.5 Å². The summed E-state index contributed by atoms with van der Waals surface area (Å²) in [5, 5.41) is 12.8. The number of rotatable bonds is 9. The number of ether oxygens (including phenoxy) is 2. The number of anilines is 1. The number of nitrogens with one attached hydrogen (secondary N) is 1. The molecule has 2 N–H and O–H groups in total. The third kappa shape index (κ3) is 7.02. The number of benzene rings is 2. The molecular formula is C29H39N3O5. The van der Waals surface area contributed by atoms with E-state index in [2.05, 4.69) is 36.3 Å². The van der Waals surface area contributed by atoms with Gasteiger partial charge in [0, 0.05) is 42.7 Å². The van der Waals surface area contributed by atoms with Crippen molar-refractivity contribution in [2.45, 2.75) is 51.8 Å². The quantitative estimate of drug-likeness (QED) is 0.539. The minimum Gasteiger partial charge on any atom is -0.497 e. The summed E-state index contributed by atoms with van der Waals surface area (Å²) in [7, 11) is 3.72. The van der Waals surface area contributed by atoms with Crippen LogP contribution in [0.2, 0.25) is 0 Å². The molecule has 2 amide bonds. The molecule has 3 atom stereocenters. The number of hydrogen-bond donors (Lipinski definition) is 2. The maximum atomic E-state index is 13.4. The zero-order valence-corrected chi connectivity index (χ0v) is 22.3. The van der Waals surface area contributed by atoms with Crippen LogP contribution in [0, 0.1) is 11.8 Å². The van der Waals surface area contributed by atoms with E-state index in [0.29, 0.717) is 24.5 Å². The predicted molar refractivity (Wildman–Crippen MR) is 143 cm³/mol. The van der Waals surface area contributed by atoms with E-state index in [1.807, 2.05) is 37.3 Å². The highest BCUT2D eigenvalue weighted by molar-refractivity contribution is 5.94. The van der Waals surface area contributed by atoms with Crippen LogP contribution in [0.4, 0.5) is 5.69 Å². The van der Waals surface area contributed by atoms with Gasteiger partial charge in [-0.1, -0.05) is 19.1 Å². The number of nitrogens with zero attached hydrogens (tertiary/aromatic N) is 2. The smallest absolute Gasteiger partial charge is 0.227 e. The summed E-state index contributed by atoms with van der Waals surface area (Å²) >= 11 is 0. The second-order valence-corrected chi connectivity index (χ2v) is 10.5. The van der Waals surface area contributed by atoms with E-state index in [4.69, 9.17) is 9.47 Å². The molecule has 1 fully saturated rings. The molecule has 0 saturated heterocycles. The van der Waals surface area contributed by atoms with Gasteiger partial charge in [-0.25, -0.2) is 0 Å². The Kier molecular flexibility index (Phi) is 8.71. The van der Waals surface area contributed by atoms with Gasteiger partial charge in [0.1, 0.15) is 17.6 Å². The molecule has 0 spiro atoms. The lowest BCUT2D eigenvalue weighted by Gasteiger charge is -2.34. The maximum absolute atomic E-state index is 13.4. The van der Waals surface area contributed by atoms with Crippen LogP contribution in [0.3, 0.4) is 0 Å². The molecule has 200 valence electrons. The second-order valence-electron chi connectivity index (χ2n) is 10.5. The summed E-state index contributed by atoms with van der Waals surface area (Å²) in [5.41, 5.74) is 2.58. The number of amides is 2. The summed E-state index contributed by atoms with van der Waals surface area (Å²) in [4.78, 5) is 29.6. The van der Waals surface area contributed by atoms with Gasteiger partial charge in [-0.15, -0.1) is 0 Å². The molecule has 1 aliphatic carbocycles. The van der Waals surface area contributed by atoms with Gasteiger partial charge in [-0.3, -0.25) is 14.5 Å². The molecule has 0 aromatic heterocycles. The molecule has 0 bridgehead atoms. The summed E-state index contributed by atoms with van der Waals surface area (Å²) < 4.78 is 11.9. The van der Waals surface area contributed by atoms with E-state index in [1.54, 1.807) is 12.0 Å².